The van der Waals surface area contributed by atoms with E-state index in [9.17, 15) is 18.8 Å². The maximum Gasteiger partial charge on any atom is 0.272 e. The Labute approximate surface area is 250 Å². The standard InChI is InChI=1S/C32H38FN7O3/c33-28-6-5-24(20-29-25-3-1-2-4-26(25)31(42)36-35-29)19-27(28)32(43)40-17-15-39(16-18-40)30(41)22-38-13-11-37(12-14-38)21-23-7-9-34-10-8-23/h1-7,19,34H,8-18,20-22H2,(H,36,42). The Bertz CT molecular complexity index is 1570. The summed E-state index contributed by atoms with van der Waals surface area (Å²) in [5, 5.41) is 11.3. The van der Waals surface area contributed by atoms with Crippen molar-refractivity contribution < 1.29 is 14.0 Å². The summed E-state index contributed by atoms with van der Waals surface area (Å²) < 4.78 is 14.9. The van der Waals surface area contributed by atoms with E-state index in [2.05, 4.69) is 31.4 Å². The average Bonchev–Trinajstić information content (AvgIpc) is 3.04. The van der Waals surface area contributed by atoms with Gasteiger partial charge in [0.05, 0.1) is 23.2 Å². The van der Waals surface area contributed by atoms with Crippen molar-refractivity contribution in [2.45, 2.75) is 12.8 Å². The Morgan fingerprint density at radius 1 is 0.884 bits per heavy atom. The van der Waals surface area contributed by atoms with E-state index in [1.165, 1.54) is 11.6 Å². The minimum Gasteiger partial charge on any atom is -0.338 e. The molecular formula is C32H38FN7O3. The molecule has 226 valence electrons. The number of aromatic nitrogens is 2. The lowest BCUT2D eigenvalue weighted by atomic mass is 10.0. The van der Waals surface area contributed by atoms with E-state index >= 15 is 0 Å². The van der Waals surface area contributed by atoms with Gasteiger partial charge in [0.1, 0.15) is 5.82 Å². The summed E-state index contributed by atoms with van der Waals surface area (Å²) in [5.41, 5.74) is 2.60. The van der Waals surface area contributed by atoms with E-state index in [0.29, 0.717) is 50.2 Å². The van der Waals surface area contributed by atoms with Crippen LogP contribution in [0.2, 0.25) is 0 Å². The van der Waals surface area contributed by atoms with E-state index in [1.54, 1.807) is 29.2 Å². The topological polar surface area (TPSA) is 105 Å². The molecule has 3 aliphatic rings. The molecule has 2 saturated heterocycles. The first-order valence-corrected chi connectivity index (χ1v) is 15.1. The molecule has 0 spiro atoms. The van der Waals surface area contributed by atoms with Crippen molar-refractivity contribution in [3.8, 4) is 0 Å². The third-order valence-electron chi connectivity index (χ3n) is 8.74. The normalized spacial score (nSPS) is 18.6. The SMILES string of the molecule is O=C(CN1CCN(CC2=CCNCC2)CC1)N1CCN(C(=O)c2cc(Cc3n[nH]c(=O)c4ccccc34)ccc2F)CC1. The number of nitrogens with one attached hydrogen (secondary N) is 2. The Morgan fingerprint density at radius 2 is 1.60 bits per heavy atom. The lowest BCUT2D eigenvalue weighted by molar-refractivity contribution is -0.134. The molecule has 0 aliphatic carbocycles. The molecule has 3 aliphatic heterocycles. The summed E-state index contributed by atoms with van der Waals surface area (Å²) in [6, 6.07) is 11.7. The molecule has 6 rings (SSSR count). The highest BCUT2D eigenvalue weighted by atomic mass is 19.1. The number of piperazine rings is 2. The van der Waals surface area contributed by atoms with Gasteiger partial charge in [-0.15, -0.1) is 0 Å². The van der Waals surface area contributed by atoms with Crippen LogP contribution in [0.5, 0.6) is 0 Å². The van der Waals surface area contributed by atoms with Gasteiger partial charge in [-0.25, -0.2) is 9.49 Å². The molecule has 11 heteroatoms. The zero-order valence-electron chi connectivity index (χ0n) is 24.4. The zero-order chi connectivity index (χ0) is 29.8. The molecule has 0 unspecified atom stereocenters. The molecule has 43 heavy (non-hydrogen) atoms. The van der Waals surface area contributed by atoms with Gasteiger partial charge in [-0.05, 0) is 36.7 Å². The number of benzene rings is 2. The number of fused-ring (bicyclic) bond motifs is 1. The van der Waals surface area contributed by atoms with Crippen molar-refractivity contribution in [3.05, 3.63) is 87.1 Å². The largest absolute Gasteiger partial charge is 0.338 e. The fourth-order valence-electron chi connectivity index (χ4n) is 6.17. The number of hydrogen-bond acceptors (Lipinski definition) is 7. The third kappa shape index (κ3) is 6.84. The second-order valence-corrected chi connectivity index (χ2v) is 11.6. The summed E-state index contributed by atoms with van der Waals surface area (Å²) in [4.78, 5) is 46.7. The molecule has 0 atom stereocenters. The van der Waals surface area contributed by atoms with Gasteiger partial charge >= 0.3 is 0 Å². The number of H-pyrrole nitrogens is 1. The maximum absolute atomic E-state index is 14.9. The molecular weight excluding hydrogens is 549 g/mol. The van der Waals surface area contributed by atoms with Crippen LogP contribution in [-0.4, -0.2) is 120 Å². The van der Waals surface area contributed by atoms with Crippen LogP contribution in [-0.2, 0) is 11.2 Å². The molecule has 0 saturated carbocycles. The predicted octanol–water partition coefficient (Wildman–Crippen LogP) is 1.47. The molecule has 2 aromatic carbocycles. The fourth-order valence-corrected chi connectivity index (χ4v) is 6.17. The molecule has 10 nitrogen and oxygen atoms in total. The third-order valence-corrected chi connectivity index (χ3v) is 8.74. The van der Waals surface area contributed by atoms with Gasteiger partial charge in [0.25, 0.3) is 11.5 Å². The van der Waals surface area contributed by atoms with Gasteiger partial charge < -0.3 is 15.1 Å². The van der Waals surface area contributed by atoms with Crippen molar-refractivity contribution in [3.63, 3.8) is 0 Å². The number of aromatic amines is 1. The second kappa shape index (κ2) is 13.2. The predicted molar refractivity (Wildman–Crippen MR) is 163 cm³/mol. The van der Waals surface area contributed by atoms with Crippen LogP contribution in [0, 0.1) is 5.82 Å². The van der Waals surface area contributed by atoms with Crippen molar-refractivity contribution in [2.75, 3.05) is 78.5 Å². The summed E-state index contributed by atoms with van der Waals surface area (Å²) in [5.74, 6) is -0.886. The molecule has 1 aromatic heterocycles. The monoisotopic (exact) mass is 587 g/mol. The first kappa shape index (κ1) is 29.2. The van der Waals surface area contributed by atoms with E-state index < -0.39 is 5.82 Å². The first-order chi connectivity index (χ1) is 20.9. The van der Waals surface area contributed by atoms with Gasteiger partial charge in [0, 0.05) is 77.3 Å². The highest BCUT2D eigenvalue weighted by Crippen LogP contribution is 2.20. The molecule has 2 fully saturated rings. The Hall–Kier alpha value is -3.93. The summed E-state index contributed by atoms with van der Waals surface area (Å²) in [6.45, 7) is 8.65. The van der Waals surface area contributed by atoms with Crippen LogP contribution < -0.4 is 10.9 Å². The van der Waals surface area contributed by atoms with E-state index in [0.717, 1.165) is 63.2 Å². The fraction of sp³-hybridized carbons (Fsp3) is 0.438. The minimum absolute atomic E-state index is 0.00382. The molecule has 0 radical (unpaired) electrons. The number of halogens is 1. The molecule has 4 heterocycles. The van der Waals surface area contributed by atoms with Crippen LogP contribution in [0.3, 0.4) is 0 Å². The molecule has 2 amide bonds. The number of nitrogens with zero attached hydrogens (tertiary/aromatic N) is 5. The van der Waals surface area contributed by atoms with Crippen LogP contribution >= 0.6 is 0 Å². The smallest absolute Gasteiger partial charge is 0.272 e. The van der Waals surface area contributed by atoms with Crippen molar-refractivity contribution in [1.82, 2.24) is 35.1 Å². The van der Waals surface area contributed by atoms with Crippen LogP contribution in [0.4, 0.5) is 4.39 Å². The maximum atomic E-state index is 14.9. The summed E-state index contributed by atoms with van der Waals surface area (Å²) in [6.07, 6.45) is 3.74. The Balaban J connectivity index is 1.01. The van der Waals surface area contributed by atoms with E-state index in [1.807, 2.05) is 17.0 Å². The summed E-state index contributed by atoms with van der Waals surface area (Å²) >= 11 is 0. The van der Waals surface area contributed by atoms with Crippen LogP contribution in [0.25, 0.3) is 10.8 Å². The minimum atomic E-state index is -0.581. The molecule has 0 bridgehead atoms. The van der Waals surface area contributed by atoms with E-state index in [-0.39, 0.29) is 22.9 Å². The van der Waals surface area contributed by atoms with Gasteiger partial charge in [0.15, 0.2) is 0 Å². The first-order valence-electron chi connectivity index (χ1n) is 15.1. The molecule has 2 N–H and O–H groups in total. The lowest BCUT2D eigenvalue weighted by Crippen LogP contribution is -2.54. The lowest BCUT2D eigenvalue weighted by Gasteiger charge is -2.38. The zero-order valence-corrected chi connectivity index (χ0v) is 24.4. The highest BCUT2D eigenvalue weighted by molar-refractivity contribution is 5.95. The average molecular weight is 588 g/mol. The number of carbonyl (C=O) groups is 2. The number of rotatable bonds is 7. The van der Waals surface area contributed by atoms with Crippen molar-refractivity contribution in [1.29, 1.82) is 0 Å². The van der Waals surface area contributed by atoms with Gasteiger partial charge in [-0.2, -0.15) is 5.10 Å². The van der Waals surface area contributed by atoms with Crippen LogP contribution in [0.1, 0.15) is 28.0 Å². The number of carbonyl (C=O) groups excluding carboxylic acids is 2. The van der Waals surface area contributed by atoms with Crippen molar-refractivity contribution >= 4 is 22.6 Å². The molecule has 3 aromatic rings. The second-order valence-electron chi connectivity index (χ2n) is 11.6. The van der Waals surface area contributed by atoms with E-state index in [4.69, 9.17) is 0 Å². The van der Waals surface area contributed by atoms with Gasteiger partial charge in [-0.3, -0.25) is 24.2 Å². The Kier molecular flexibility index (Phi) is 8.92. The Morgan fingerprint density at radius 3 is 2.35 bits per heavy atom. The van der Waals surface area contributed by atoms with Gasteiger partial charge in [-0.1, -0.05) is 35.9 Å². The van der Waals surface area contributed by atoms with Gasteiger partial charge in [0.2, 0.25) is 5.91 Å². The summed E-state index contributed by atoms with van der Waals surface area (Å²) in [7, 11) is 0. The highest BCUT2D eigenvalue weighted by Gasteiger charge is 2.28. The quantitative estimate of drug-likeness (QED) is 0.404. The number of amides is 2. The number of hydrogen-bond donors (Lipinski definition) is 2. The van der Waals surface area contributed by atoms with Crippen LogP contribution in [0.15, 0.2) is 58.9 Å². The van der Waals surface area contributed by atoms with Crippen molar-refractivity contribution in [2.24, 2.45) is 0 Å².